The lowest BCUT2D eigenvalue weighted by molar-refractivity contribution is -0.143. The Balaban J connectivity index is 2.36. The first-order valence-corrected chi connectivity index (χ1v) is 8.11. The summed E-state index contributed by atoms with van der Waals surface area (Å²) in [5.41, 5.74) is 0. The molecule has 1 rings (SSSR count). The second-order valence-corrected chi connectivity index (χ2v) is 6.05. The number of carboxylic acids is 1. The van der Waals surface area contributed by atoms with E-state index in [1.165, 1.54) is 19.3 Å². The first kappa shape index (κ1) is 17.0. The molecule has 4 heteroatoms. The molecule has 0 saturated heterocycles. The lowest BCUT2D eigenvalue weighted by Crippen LogP contribution is -2.44. The van der Waals surface area contributed by atoms with Gasteiger partial charge >= 0.3 is 5.97 Å². The maximum Gasteiger partial charge on any atom is 0.326 e. The van der Waals surface area contributed by atoms with Gasteiger partial charge in [-0.15, -0.1) is 0 Å². The molecule has 2 N–H and O–H groups in total. The van der Waals surface area contributed by atoms with Crippen LogP contribution in [0.2, 0.25) is 0 Å². The third-order valence-electron chi connectivity index (χ3n) is 4.38. The Morgan fingerprint density at radius 3 is 2.30 bits per heavy atom. The number of hydrogen-bond donors (Lipinski definition) is 2. The van der Waals surface area contributed by atoms with Crippen LogP contribution in [0.15, 0.2) is 0 Å². The lowest BCUT2D eigenvalue weighted by atomic mass is 9.79. The fourth-order valence-corrected chi connectivity index (χ4v) is 3.04. The number of hydrogen-bond acceptors (Lipinski definition) is 2. The van der Waals surface area contributed by atoms with Crippen molar-refractivity contribution in [3.05, 3.63) is 0 Å². The number of rotatable bonds is 8. The molecule has 4 nitrogen and oxygen atoms in total. The fraction of sp³-hybridized carbons (Fsp3) is 0.875. The van der Waals surface area contributed by atoms with Crippen LogP contribution in [0.3, 0.4) is 0 Å². The Kier molecular flexibility index (Phi) is 7.63. The van der Waals surface area contributed by atoms with Crippen LogP contribution in [0.1, 0.15) is 71.6 Å². The molecule has 1 saturated carbocycles. The van der Waals surface area contributed by atoms with Gasteiger partial charge in [0.25, 0.3) is 0 Å². The normalized spacial score (nSPS) is 24.1. The van der Waals surface area contributed by atoms with Gasteiger partial charge < -0.3 is 10.4 Å². The molecule has 0 aromatic carbocycles. The lowest BCUT2D eigenvalue weighted by Gasteiger charge is -2.28. The first-order valence-electron chi connectivity index (χ1n) is 8.11. The van der Waals surface area contributed by atoms with Gasteiger partial charge in [0.15, 0.2) is 0 Å². The van der Waals surface area contributed by atoms with Crippen LogP contribution < -0.4 is 5.32 Å². The molecule has 1 aliphatic rings. The Morgan fingerprint density at radius 2 is 1.80 bits per heavy atom. The highest BCUT2D eigenvalue weighted by atomic mass is 16.4. The SMILES string of the molecule is CCCCC1CCC(C(=O)N[C@@H](CCC)C(=O)O)CC1. The molecular formula is C16H29NO3. The molecule has 0 aromatic rings. The first-order chi connectivity index (χ1) is 9.58. The third kappa shape index (κ3) is 5.51. The standard InChI is InChI=1S/C16H29NO3/c1-3-5-7-12-8-10-13(11-9-12)15(18)17-14(6-4-2)16(19)20/h12-14H,3-11H2,1-2H3,(H,17,18)(H,19,20)/t12?,13?,14-/m0/s1. The predicted molar refractivity (Wildman–Crippen MR) is 79.4 cm³/mol. The van der Waals surface area contributed by atoms with Crippen molar-refractivity contribution in [2.45, 2.75) is 77.7 Å². The fourth-order valence-electron chi connectivity index (χ4n) is 3.04. The summed E-state index contributed by atoms with van der Waals surface area (Å²) in [6, 6.07) is -0.717. The average Bonchev–Trinajstić information content (AvgIpc) is 2.45. The van der Waals surface area contributed by atoms with Crippen molar-refractivity contribution in [3.8, 4) is 0 Å². The van der Waals surface area contributed by atoms with Gasteiger partial charge in [0.2, 0.25) is 5.91 Å². The van der Waals surface area contributed by atoms with E-state index in [0.29, 0.717) is 6.42 Å². The summed E-state index contributed by atoms with van der Waals surface area (Å²) >= 11 is 0. The van der Waals surface area contributed by atoms with Crippen LogP contribution in [-0.4, -0.2) is 23.0 Å². The zero-order chi connectivity index (χ0) is 15.0. The van der Waals surface area contributed by atoms with Crippen molar-refractivity contribution in [3.63, 3.8) is 0 Å². The Bertz CT molecular complexity index is 309. The molecule has 0 radical (unpaired) electrons. The van der Waals surface area contributed by atoms with Gasteiger partial charge in [0.1, 0.15) is 6.04 Å². The van der Waals surface area contributed by atoms with Crippen molar-refractivity contribution < 1.29 is 14.7 Å². The van der Waals surface area contributed by atoms with Crippen molar-refractivity contribution in [1.82, 2.24) is 5.32 Å². The largest absolute Gasteiger partial charge is 0.480 e. The van der Waals surface area contributed by atoms with E-state index in [-0.39, 0.29) is 11.8 Å². The van der Waals surface area contributed by atoms with Gasteiger partial charge in [-0.25, -0.2) is 4.79 Å². The minimum Gasteiger partial charge on any atom is -0.480 e. The van der Waals surface area contributed by atoms with E-state index in [0.717, 1.165) is 38.0 Å². The van der Waals surface area contributed by atoms with Crippen LogP contribution in [0.4, 0.5) is 0 Å². The van der Waals surface area contributed by atoms with E-state index in [1.54, 1.807) is 0 Å². The van der Waals surface area contributed by atoms with E-state index in [4.69, 9.17) is 5.11 Å². The van der Waals surface area contributed by atoms with Crippen LogP contribution >= 0.6 is 0 Å². The summed E-state index contributed by atoms with van der Waals surface area (Å²) in [6.45, 7) is 4.14. The van der Waals surface area contributed by atoms with Gasteiger partial charge in [-0.3, -0.25) is 4.79 Å². The number of carbonyl (C=O) groups is 2. The molecule has 0 bridgehead atoms. The number of carbonyl (C=O) groups excluding carboxylic acids is 1. The quantitative estimate of drug-likeness (QED) is 0.718. The van der Waals surface area contributed by atoms with E-state index < -0.39 is 12.0 Å². The monoisotopic (exact) mass is 283 g/mol. The highest BCUT2D eigenvalue weighted by molar-refractivity contribution is 5.84. The van der Waals surface area contributed by atoms with Crippen molar-refractivity contribution in [2.24, 2.45) is 11.8 Å². The predicted octanol–water partition coefficient (Wildman–Crippen LogP) is 3.35. The van der Waals surface area contributed by atoms with Gasteiger partial charge in [-0.05, 0) is 38.0 Å². The summed E-state index contributed by atoms with van der Waals surface area (Å²) in [5.74, 6) is -0.187. The maximum atomic E-state index is 12.1. The molecule has 0 aromatic heterocycles. The van der Waals surface area contributed by atoms with Crippen LogP contribution in [0, 0.1) is 11.8 Å². The molecule has 1 fully saturated rings. The molecular weight excluding hydrogens is 254 g/mol. The van der Waals surface area contributed by atoms with Gasteiger partial charge in [-0.1, -0.05) is 39.5 Å². The summed E-state index contributed by atoms with van der Waals surface area (Å²) in [6.07, 6.45) is 9.12. The summed E-state index contributed by atoms with van der Waals surface area (Å²) in [5, 5.41) is 11.8. The second kappa shape index (κ2) is 8.98. The summed E-state index contributed by atoms with van der Waals surface area (Å²) in [7, 11) is 0. The highest BCUT2D eigenvalue weighted by Gasteiger charge is 2.28. The Morgan fingerprint density at radius 1 is 1.15 bits per heavy atom. The Labute approximate surface area is 122 Å². The molecule has 0 unspecified atom stereocenters. The number of amides is 1. The molecule has 20 heavy (non-hydrogen) atoms. The van der Waals surface area contributed by atoms with Crippen molar-refractivity contribution in [1.29, 1.82) is 0 Å². The number of unbranched alkanes of at least 4 members (excludes halogenated alkanes) is 1. The van der Waals surface area contributed by atoms with Gasteiger partial charge in [-0.2, -0.15) is 0 Å². The molecule has 1 atom stereocenters. The maximum absolute atomic E-state index is 12.1. The zero-order valence-electron chi connectivity index (χ0n) is 12.9. The second-order valence-electron chi connectivity index (χ2n) is 6.05. The third-order valence-corrected chi connectivity index (χ3v) is 4.38. The molecule has 1 aliphatic carbocycles. The minimum atomic E-state index is -0.920. The number of nitrogens with one attached hydrogen (secondary N) is 1. The van der Waals surface area contributed by atoms with Gasteiger partial charge in [0, 0.05) is 5.92 Å². The summed E-state index contributed by atoms with van der Waals surface area (Å²) in [4.78, 5) is 23.2. The van der Waals surface area contributed by atoms with E-state index in [2.05, 4.69) is 12.2 Å². The number of aliphatic carboxylic acids is 1. The van der Waals surface area contributed by atoms with Gasteiger partial charge in [0.05, 0.1) is 0 Å². The van der Waals surface area contributed by atoms with Crippen molar-refractivity contribution >= 4 is 11.9 Å². The zero-order valence-corrected chi connectivity index (χ0v) is 12.9. The average molecular weight is 283 g/mol. The Hall–Kier alpha value is -1.06. The van der Waals surface area contributed by atoms with E-state index >= 15 is 0 Å². The number of carboxylic acid groups (broad SMARTS) is 1. The van der Waals surface area contributed by atoms with Crippen LogP contribution in [0.25, 0.3) is 0 Å². The van der Waals surface area contributed by atoms with E-state index in [1.807, 2.05) is 6.92 Å². The highest BCUT2D eigenvalue weighted by Crippen LogP contribution is 2.32. The minimum absolute atomic E-state index is 0.0200. The van der Waals surface area contributed by atoms with Crippen LogP contribution in [-0.2, 0) is 9.59 Å². The van der Waals surface area contributed by atoms with Crippen LogP contribution in [0.5, 0.6) is 0 Å². The van der Waals surface area contributed by atoms with E-state index in [9.17, 15) is 9.59 Å². The molecule has 116 valence electrons. The van der Waals surface area contributed by atoms with Crippen molar-refractivity contribution in [2.75, 3.05) is 0 Å². The molecule has 0 aliphatic heterocycles. The smallest absolute Gasteiger partial charge is 0.326 e. The molecule has 0 heterocycles. The molecule has 0 spiro atoms. The topological polar surface area (TPSA) is 66.4 Å². The molecule has 1 amide bonds. The summed E-state index contributed by atoms with van der Waals surface area (Å²) < 4.78 is 0.